The standard InChI is InChI=1S/C19H22N2O3/c1-12-10-11-16(14(3)13(12)2)24-17-9-7-6-8-15(17)18(21-23-5)19(22)20-4/h6-11H,1-5H3,(H,20,22)/b21-18-. The van der Waals surface area contributed by atoms with E-state index in [4.69, 9.17) is 9.57 Å². The number of carbonyl (C=O) groups excluding carboxylic acids is 1. The molecule has 2 aromatic rings. The molecule has 5 nitrogen and oxygen atoms in total. The van der Waals surface area contributed by atoms with Gasteiger partial charge in [0, 0.05) is 7.05 Å². The molecule has 0 radical (unpaired) electrons. The van der Waals surface area contributed by atoms with Crippen LogP contribution in [0.15, 0.2) is 41.6 Å². The molecule has 0 fully saturated rings. The Morgan fingerprint density at radius 1 is 1.00 bits per heavy atom. The van der Waals surface area contributed by atoms with Crippen LogP contribution in [0.1, 0.15) is 22.3 Å². The number of para-hydroxylation sites is 1. The summed E-state index contributed by atoms with van der Waals surface area (Å²) in [5.74, 6) is 0.951. The zero-order chi connectivity index (χ0) is 17.7. The Balaban J connectivity index is 2.48. The van der Waals surface area contributed by atoms with Crippen molar-refractivity contribution in [3.05, 3.63) is 58.7 Å². The van der Waals surface area contributed by atoms with Gasteiger partial charge in [0.15, 0.2) is 5.71 Å². The average Bonchev–Trinajstić information content (AvgIpc) is 2.60. The zero-order valence-corrected chi connectivity index (χ0v) is 14.6. The number of ether oxygens (including phenoxy) is 1. The fourth-order valence-corrected chi connectivity index (χ4v) is 2.33. The Hall–Kier alpha value is -2.82. The first-order chi connectivity index (χ1) is 11.5. The largest absolute Gasteiger partial charge is 0.456 e. The number of hydrogen-bond donors (Lipinski definition) is 1. The summed E-state index contributed by atoms with van der Waals surface area (Å²) in [6.07, 6.45) is 0. The van der Waals surface area contributed by atoms with Crippen LogP contribution in [0.25, 0.3) is 0 Å². The summed E-state index contributed by atoms with van der Waals surface area (Å²) in [4.78, 5) is 16.9. The van der Waals surface area contributed by atoms with E-state index in [1.807, 2.05) is 31.2 Å². The van der Waals surface area contributed by atoms with E-state index in [0.29, 0.717) is 11.3 Å². The van der Waals surface area contributed by atoms with E-state index >= 15 is 0 Å². The fourth-order valence-electron chi connectivity index (χ4n) is 2.33. The molecule has 24 heavy (non-hydrogen) atoms. The number of oxime groups is 1. The number of rotatable bonds is 5. The van der Waals surface area contributed by atoms with Gasteiger partial charge < -0.3 is 14.9 Å². The number of hydrogen-bond acceptors (Lipinski definition) is 4. The van der Waals surface area contributed by atoms with Crippen LogP contribution in [0.3, 0.4) is 0 Å². The van der Waals surface area contributed by atoms with Crippen LogP contribution in [0.5, 0.6) is 11.5 Å². The van der Waals surface area contributed by atoms with Crippen LogP contribution >= 0.6 is 0 Å². The number of benzene rings is 2. The molecule has 0 saturated heterocycles. The molecule has 2 aromatic carbocycles. The minimum atomic E-state index is -0.343. The number of nitrogens with one attached hydrogen (secondary N) is 1. The van der Waals surface area contributed by atoms with E-state index in [0.717, 1.165) is 11.3 Å². The van der Waals surface area contributed by atoms with Crippen LogP contribution < -0.4 is 10.1 Å². The second-order valence-corrected chi connectivity index (χ2v) is 5.43. The molecule has 1 amide bonds. The van der Waals surface area contributed by atoms with Crippen molar-refractivity contribution in [2.75, 3.05) is 14.2 Å². The van der Waals surface area contributed by atoms with Gasteiger partial charge in [-0.3, -0.25) is 4.79 Å². The molecule has 0 heterocycles. The molecule has 0 bridgehead atoms. The molecular weight excluding hydrogens is 304 g/mol. The molecule has 0 aliphatic heterocycles. The summed E-state index contributed by atoms with van der Waals surface area (Å²) in [7, 11) is 2.95. The highest BCUT2D eigenvalue weighted by Gasteiger charge is 2.19. The molecule has 0 saturated carbocycles. The predicted molar refractivity (Wildman–Crippen MR) is 94.8 cm³/mol. The lowest BCUT2D eigenvalue weighted by molar-refractivity contribution is -0.114. The van der Waals surface area contributed by atoms with Gasteiger partial charge >= 0.3 is 0 Å². The van der Waals surface area contributed by atoms with Crippen molar-refractivity contribution in [1.82, 2.24) is 5.32 Å². The summed E-state index contributed by atoms with van der Waals surface area (Å²) in [5, 5.41) is 6.41. The third-order valence-corrected chi connectivity index (χ3v) is 4.00. The minimum absolute atomic E-state index is 0.164. The van der Waals surface area contributed by atoms with Gasteiger partial charge in [-0.15, -0.1) is 0 Å². The lowest BCUT2D eigenvalue weighted by Crippen LogP contribution is -2.28. The minimum Gasteiger partial charge on any atom is -0.456 e. The van der Waals surface area contributed by atoms with Crippen molar-refractivity contribution in [3.8, 4) is 11.5 Å². The van der Waals surface area contributed by atoms with Gasteiger partial charge in [-0.05, 0) is 55.7 Å². The SMILES string of the molecule is CNC(=O)/C(=N\OC)c1ccccc1Oc1ccc(C)c(C)c1C. The summed E-state index contributed by atoms with van der Waals surface area (Å²) in [6, 6.07) is 11.2. The third-order valence-electron chi connectivity index (χ3n) is 4.00. The Morgan fingerprint density at radius 2 is 1.71 bits per heavy atom. The number of aryl methyl sites for hydroxylation is 1. The molecule has 126 valence electrons. The van der Waals surface area contributed by atoms with E-state index in [2.05, 4.69) is 24.3 Å². The number of amides is 1. The summed E-state index contributed by atoms with van der Waals surface area (Å²) < 4.78 is 6.08. The Labute approximate surface area is 142 Å². The number of likely N-dealkylation sites (N-methyl/N-ethyl adjacent to an activating group) is 1. The summed E-state index contributed by atoms with van der Waals surface area (Å²) in [5.41, 5.74) is 4.19. The Morgan fingerprint density at radius 3 is 2.38 bits per heavy atom. The maximum absolute atomic E-state index is 12.1. The molecule has 0 aromatic heterocycles. The highest BCUT2D eigenvalue weighted by atomic mass is 16.6. The molecule has 0 aliphatic rings. The van der Waals surface area contributed by atoms with E-state index in [-0.39, 0.29) is 11.6 Å². The predicted octanol–water partition coefficient (Wildman–Crippen LogP) is 3.50. The Bertz CT molecular complexity index is 782. The first-order valence-corrected chi connectivity index (χ1v) is 7.66. The molecule has 0 unspecified atom stereocenters. The van der Waals surface area contributed by atoms with Crippen LogP contribution in [0.4, 0.5) is 0 Å². The second kappa shape index (κ2) is 7.64. The van der Waals surface area contributed by atoms with Gasteiger partial charge in [0.05, 0.1) is 5.56 Å². The molecule has 0 atom stereocenters. The van der Waals surface area contributed by atoms with Crippen molar-refractivity contribution in [3.63, 3.8) is 0 Å². The van der Waals surface area contributed by atoms with E-state index in [9.17, 15) is 4.79 Å². The van der Waals surface area contributed by atoms with Crippen molar-refractivity contribution < 1.29 is 14.4 Å². The first kappa shape index (κ1) is 17.5. The molecule has 5 heteroatoms. The summed E-state index contributed by atoms with van der Waals surface area (Å²) in [6.45, 7) is 6.14. The van der Waals surface area contributed by atoms with Crippen LogP contribution in [-0.2, 0) is 9.63 Å². The monoisotopic (exact) mass is 326 g/mol. The molecule has 0 spiro atoms. The highest BCUT2D eigenvalue weighted by molar-refractivity contribution is 6.45. The fraction of sp³-hybridized carbons (Fsp3) is 0.263. The quantitative estimate of drug-likeness (QED) is 0.676. The van der Waals surface area contributed by atoms with Crippen molar-refractivity contribution >= 4 is 11.6 Å². The zero-order valence-electron chi connectivity index (χ0n) is 14.6. The lowest BCUT2D eigenvalue weighted by Gasteiger charge is -2.15. The third kappa shape index (κ3) is 3.56. The van der Waals surface area contributed by atoms with Crippen molar-refractivity contribution in [1.29, 1.82) is 0 Å². The van der Waals surface area contributed by atoms with Gasteiger partial charge in [-0.2, -0.15) is 0 Å². The van der Waals surface area contributed by atoms with E-state index < -0.39 is 0 Å². The van der Waals surface area contributed by atoms with E-state index in [1.165, 1.54) is 18.2 Å². The van der Waals surface area contributed by atoms with Gasteiger partial charge in [0.25, 0.3) is 5.91 Å². The molecule has 1 N–H and O–H groups in total. The maximum atomic E-state index is 12.1. The lowest BCUT2D eigenvalue weighted by atomic mass is 10.0. The van der Waals surface area contributed by atoms with Gasteiger partial charge in [0.1, 0.15) is 18.6 Å². The molecule has 0 aliphatic carbocycles. The topological polar surface area (TPSA) is 59.9 Å². The first-order valence-electron chi connectivity index (χ1n) is 7.66. The highest BCUT2D eigenvalue weighted by Crippen LogP contribution is 2.31. The van der Waals surface area contributed by atoms with Gasteiger partial charge in [-0.1, -0.05) is 23.4 Å². The molecular formula is C19H22N2O3. The summed E-state index contributed by atoms with van der Waals surface area (Å²) >= 11 is 0. The maximum Gasteiger partial charge on any atom is 0.273 e. The molecule has 2 rings (SSSR count). The van der Waals surface area contributed by atoms with Crippen molar-refractivity contribution in [2.45, 2.75) is 20.8 Å². The average molecular weight is 326 g/mol. The number of carbonyl (C=O) groups is 1. The van der Waals surface area contributed by atoms with Crippen LogP contribution in [0, 0.1) is 20.8 Å². The van der Waals surface area contributed by atoms with E-state index in [1.54, 1.807) is 19.2 Å². The number of nitrogens with zero attached hydrogens (tertiary/aromatic N) is 1. The van der Waals surface area contributed by atoms with Gasteiger partial charge in [-0.25, -0.2) is 0 Å². The van der Waals surface area contributed by atoms with Crippen LogP contribution in [0.2, 0.25) is 0 Å². The normalized spacial score (nSPS) is 11.1. The van der Waals surface area contributed by atoms with Gasteiger partial charge in [0.2, 0.25) is 0 Å². The van der Waals surface area contributed by atoms with Crippen LogP contribution in [-0.4, -0.2) is 25.8 Å². The smallest absolute Gasteiger partial charge is 0.273 e. The second-order valence-electron chi connectivity index (χ2n) is 5.43. The Kier molecular flexibility index (Phi) is 5.58. The van der Waals surface area contributed by atoms with Crippen molar-refractivity contribution in [2.24, 2.45) is 5.16 Å².